The number of hydrogen-bond acceptors (Lipinski definition) is 5. The van der Waals surface area contributed by atoms with Gasteiger partial charge in [-0.3, -0.25) is 14.4 Å². The minimum absolute atomic E-state index is 0.0190. The molecule has 0 spiro atoms. The van der Waals surface area contributed by atoms with Crippen molar-refractivity contribution in [2.24, 2.45) is 11.8 Å². The Morgan fingerprint density at radius 3 is 2.39 bits per heavy atom. The van der Waals surface area contributed by atoms with Gasteiger partial charge in [-0.15, -0.1) is 13.2 Å². The van der Waals surface area contributed by atoms with Gasteiger partial charge in [-0.25, -0.2) is 0 Å². The van der Waals surface area contributed by atoms with E-state index >= 15 is 0 Å². The number of benzene rings is 2. The number of rotatable bonds is 17. The topological polar surface area (TPSA) is 95.9 Å². The first-order valence-corrected chi connectivity index (χ1v) is 14.6. The van der Waals surface area contributed by atoms with E-state index in [4.69, 9.17) is 4.74 Å². The van der Waals surface area contributed by atoms with Gasteiger partial charge < -0.3 is 20.1 Å². The van der Waals surface area contributed by atoms with Crippen molar-refractivity contribution in [3.8, 4) is 0 Å². The van der Waals surface area contributed by atoms with Gasteiger partial charge >= 0.3 is 5.97 Å². The molecule has 1 heterocycles. The molecule has 1 aliphatic heterocycles. The Hall–Kier alpha value is -3.71. The molecule has 3 rings (SSSR count). The van der Waals surface area contributed by atoms with Crippen molar-refractivity contribution < 1.29 is 24.2 Å². The second-order valence-electron chi connectivity index (χ2n) is 10.7. The van der Waals surface area contributed by atoms with Gasteiger partial charge in [-0.2, -0.15) is 0 Å². The molecular formula is C34H44N2O5. The molecule has 0 saturated carbocycles. The van der Waals surface area contributed by atoms with Gasteiger partial charge in [0, 0.05) is 13.0 Å². The summed E-state index contributed by atoms with van der Waals surface area (Å²) in [6.07, 6.45) is 8.37. The van der Waals surface area contributed by atoms with E-state index < -0.39 is 12.0 Å². The van der Waals surface area contributed by atoms with Crippen molar-refractivity contribution in [3.63, 3.8) is 0 Å². The Balaban J connectivity index is 1.69. The molecule has 2 N–H and O–H groups in total. The number of esters is 1. The first-order chi connectivity index (χ1) is 20.0. The SMILES string of the molecule is C=CCCC[C@H](Cc1ccccc1)C(=O)OC[C@@H](NC(=O)[C@H](CC=C)CC(=O)N1CCC[C@H]1CO)c1ccccc1. The van der Waals surface area contributed by atoms with Crippen LogP contribution in [0, 0.1) is 11.8 Å². The van der Waals surface area contributed by atoms with Gasteiger partial charge in [-0.1, -0.05) is 72.8 Å². The minimum atomic E-state index is -0.619. The van der Waals surface area contributed by atoms with E-state index in [2.05, 4.69) is 18.5 Å². The maximum atomic E-state index is 13.5. The highest BCUT2D eigenvalue weighted by molar-refractivity contribution is 5.86. The van der Waals surface area contributed by atoms with Crippen LogP contribution in [-0.2, 0) is 25.5 Å². The first-order valence-electron chi connectivity index (χ1n) is 14.6. The van der Waals surface area contributed by atoms with Gasteiger partial charge in [-0.05, 0) is 56.1 Å². The van der Waals surface area contributed by atoms with E-state index in [9.17, 15) is 19.5 Å². The monoisotopic (exact) mass is 560 g/mol. The molecule has 7 heteroatoms. The summed E-state index contributed by atoms with van der Waals surface area (Å²) in [7, 11) is 0. The third-order valence-corrected chi connectivity index (χ3v) is 7.68. The van der Waals surface area contributed by atoms with Crippen LogP contribution in [-0.4, -0.2) is 53.6 Å². The number of carbonyl (C=O) groups excluding carboxylic acids is 3. The predicted molar refractivity (Wildman–Crippen MR) is 161 cm³/mol. The maximum Gasteiger partial charge on any atom is 0.309 e. The smallest absolute Gasteiger partial charge is 0.309 e. The molecule has 220 valence electrons. The Morgan fingerprint density at radius 1 is 1.02 bits per heavy atom. The van der Waals surface area contributed by atoms with Gasteiger partial charge in [0.05, 0.1) is 30.5 Å². The first kappa shape index (κ1) is 31.8. The zero-order valence-electron chi connectivity index (χ0n) is 24.0. The van der Waals surface area contributed by atoms with E-state index in [1.165, 1.54) is 0 Å². The molecule has 2 amide bonds. The number of unbranched alkanes of at least 4 members (excludes halogenated alkanes) is 1. The van der Waals surface area contributed by atoms with Crippen LogP contribution in [0.2, 0.25) is 0 Å². The van der Waals surface area contributed by atoms with E-state index in [-0.39, 0.29) is 49.4 Å². The number of aliphatic hydroxyl groups is 1. The van der Waals surface area contributed by atoms with Crippen LogP contribution in [0.25, 0.3) is 0 Å². The fourth-order valence-electron chi connectivity index (χ4n) is 5.36. The molecule has 2 aromatic carbocycles. The normalized spacial score (nSPS) is 16.8. The van der Waals surface area contributed by atoms with Crippen molar-refractivity contribution in [1.29, 1.82) is 0 Å². The average molecular weight is 561 g/mol. The molecule has 1 aliphatic rings. The van der Waals surface area contributed by atoms with Crippen LogP contribution in [0.15, 0.2) is 86.0 Å². The largest absolute Gasteiger partial charge is 0.463 e. The fraction of sp³-hybridized carbons (Fsp3) is 0.441. The number of carbonyl (C=O) groups is 3. The highest BCUT2D eigenvalue weighted by Gasteiger charge is 2.32. The molecule has 4 atom stereocenters. The highest BCUT2D eigenvalue weighted by Crippen LogP contribution is 2.23. The standard InChI is InChI=1S/C34H44N2O5/c1-3-5-8-19-29(22-26-15-9-6-10-16-26)34(40)41-25-31(27-17-11-7-12-18-27)35-33(39)28(14-4-2)23-32(38)36-21-13-20-30(36)24-37/h3-4,6-7,9-12,15-18,28-31,37H,1-2,5,8,13-14,19-25H2,(H,35,39)/t28-,29-,30+,31-/m1/s1. The second kappa shape index (κ2) is 17.2. The molecular weight excluding hydrogens is 516 g/mol. The van der Waals surface area contributed by atoms with Crippen molar-refractivity contribution in [3.05, 3.63) is 97.1 Å². The van der Waals surface area contributed by atoms with Crippen molar-refractivity contribution in [2.75, 3.05) is 19.8 Å². The summed E-state index contributed by atoms with van der Waals surface area (Å²) in [4.78, 5) is 41.5. The quantitative estimate of drug-likeness (QED) is 0.158. The Labute approximate surface area is 244 Å². The lowest BCUT2D eigenvalue weighted by atomic mass is 9.94. The summed E-state index contributed by atoms with van der Waals surface area (Å²) >= 11 is 0. The van der Waals surface area contributed by atoms with E-state index in [1.807, 2.05) is 66.7 Å². The highest BCUT2D eigenvalue weighted by atomic mass is 16.5. The number of nitrogens with one attached hydrogen (secondary N) is 1. The molecule has 0 bridgehead atoms. The van der Waals surface area contributed by atoms with Gasteiger partial charge in [0.1, 0.15) is 6.61 Å². The van der Waals surface area contributed by atoms with Crippen LogP contribution < -0.4 is 5.32 Å². The summed E-state index contributed by atoms with van der Waals surface area (Å²) in [5.74, 6) is -1.67. The molecule has 7 nitrogen and oxygen atoms in total. The average Bonchev–Trinajstić information content (AvgIpc) is 3.48. The van der Waals surface area contributed by atoms with Gasteiger partial charge in [0.25, 0.3) is 0 Å². The molecule has 0 aromatic heterocycles. The van der Waals surface area contributed by atoms with E-state index in [0.717, 1.165) is 36.8 Å². The van der Waals surface area contributed by atoms with Crippen molar-refractivity contribution in [2.45, 2.75) is 63.5 Å². The molecule has 2 aromatic rings. The number of hydrogen-bond donors (Lipinski definition) is 2. The summed E-state index contributed by atoms with van der Waals surface area (Å²) in [5.41, 5.74) is 1.88. The summed E-state index contributed by atoms with van der Waals surface area (Å²) < 4.78 is 5.85. The zero-order valence-corrected chi connectivity index (χ0v) is 24.0. The summed E-state index contributed by atoms with van der Waals surface area (Å²) in [5, 5.41) is 12.7. The molecule has 41 heavy (non-hydrogen) atoms. The number of nitrogens with zero attached hydrogens (tertiary/aromatic N) is 1. The van der Waals surface area contributed by atoms with Gasteiger partial charge in [0.2, 0.25) is 11.8 Å². The lowest BCUT2D eigenvalue weighted by Gasteiger charge is -2.27. The lowest BCUT2D eigenvalue weighted by Crippen LogP contribution is -2.42. The lowest BCUT2D eigenvalue weighted by molar-refractivity contribution is -0.150. The van der Waals surface area contributed by atoms with Crippen molar-refractivity contribution >= 4 is 17.8 Å². The van der Waals surface area contributed by atoms with Crippen LogP contribution in [0.5, 0.6) is 0 Å². The fourth-order valence-corrected chi connectivity index (χ4v) is 5.36. The van der Waals surface area contributed by atoms with Gasteiger partial charge in [0.15, 0.2) is 0 Å². The number of ether oxygens (including phenoxy) is 1. The Morgan fingerprint density at radius 2 is 1.73 bits per heavy atom. The molecule has 0 radical (unpaired) electrons. The third-order valence-electron chi connectivity index (χ3n) is 7.68. The predicted octanol–water partition coefficient (Wildman–Crippen LogP) is 5.17. The number of aliphatic hydroxyl groups excluding tert-OH is 1. The summed E-state index contributed by atoms with van der Waals surface area (Å²) in [6.45, 7) is 8.06. The van der Waals surface area contributed by atoms with Crippen LogP contribution in [0.4, 0.5) is 0 Å². The minimum Gasteiger partial charge on any atom is -0.463 e. The zero-order chi connectivity index (χ0) is 29.5. The molecule has 0 aliphatic carbocycles. The number of likely N-dealkylation sites (tertiary alicyclic amines) is 1. The maximum absolute atomic E-state index is 13.5. The second-order valence-corrected chi connectivity index (χ2v) is 10.7. The van der Waals surface area contributed by atoms with Crippen LogP contribution >= 0.6 is 0 Å². The summed E-state index contributed by atoms with van der Waals surface area (Å²) in [6, 6.07) is 18.5. The third kappa shape index (κ3) is 10.0. The van der Waals surface area contributed by atoms with E-state index in [0.29, 0.717) is 25.8 Å². The van der Waals surface area contributed by atoms with Crippen LogP contribution in [0.3, 0.4) is 0 Å². The van der Waals surface area contributed by atoms with E-state index in [1.54, 1.807) is 11.0 Å². The molecule has 1 saturated heterocycles. The Bertz CT molecular complexity index is 1120. The van der Waals surface area contributed by atoms with Crippen molar-refractivity contribution in [1.82, 2.24) is 10.2 Å². The molecule has 0 unspecified atom stereocenters. The Kier molecular flexibility index (Phi) is 13.3. The number of amides is 2. The molecule has 1 fully saturated rings. The van der Waals surface area contributed by atoms with Crippen LogP contribution in [0.1, 0.15) is 62.1 Å². The number of allylic oxidation sites excluding steroid dienone is 2.